The summed E-state index contributed by atoms with van der Waals surface area (Å²) in [4.78, 5) is 28.3. The SMILES string of the molecule is NC(=O)N1CCN(c2ncc(Sc3ccnc(N)c3Cl)nc2CO)CC1. The van der Waals surface area contributed by atoms with E-state index in [4.69, 9.17) is 23.1 Å². The number of rotatable bonds is 4. The zero-order valence-corrected chi connectivity index (χ0v) is 15.4. The number of pyridine rings is 1. The number of urea groups is 1. The predicted molar refractivity (Wildman–Crippen MR) is 99.1 cm³/mol. The molecule has 1 aliphatic rings. The van der Waals surface area contributed by atoms with Crippen molar-refractivity contribution in [3.05, 3.63) is 29.2 Å². The highest BCUT2D eigenvalue weighted by atomic mass is 35.5. The fraction of sp³-hybridized carbons (Fsp3) is 0.333. The third kappa shape index (κ3) is 3.92. The second kappa shape index (κ2) is 7.94. The number of anilines is 2. The number of primary amides is 1. The molecular formula is C15H18ClN7O2S. The van der Waals surface area contributed by atoms with Gasteiger partial charge in [0.25, 0.3) is 0 Å². The number of aliphatic hydroxyl groups excluding tert-OH is 1. The normalized spacial score (nSPS) is 14.5. The van der Waals surface area contributed by atoms with Crippen LogP contribution in [0, 0.1) is 0 Å². The molecule has 9 nitrogen and oxygen atoms in total. The first-order chi connectivity index (χ1) is 12.5. The van der Waals surface area contributed by atoms with E-state index in [0.717, 1.165) is 0 Å². The monoisotopic (exact) mass is 395 g/mol. The molecule has 1 fully saturated rings. The van der Waals surface area contributed by atoms with Gasteiger partial charge in [-0.3, -0.25) is 0 Å². The average molecular weight is 396 g/mol. The third-order valence-electron chi connectivity index (χ3n) is 3.94. The highest BCUT2D eigenvalue weighted by Crippen LogP contribution is 2.35. The molecule has 3 rings (SSSR count). The molecule has 0 bridgehead atoms. The molecule has 2 aromatic rings. The lowest BCUT2D eigenvalue weighted by atomic mass is 10.3. The maximum Gasteiger partial charge on any atom is 0.314 e. The Kier molecular flexibility index (Phi) is 5.64. The van der Waals surface area contributed by atoms with Gasteiger partial charge in [0.15, 0.2) is 5.82 Å². The molecule has 2 amide bonds. The van der Waals surface area contributed by atoms with Gasteiger partial charge in [0, 0.05) is 37.3 Å². The summed E-state index contributed by atoms with van der Waals surface area (Å²) in [6.45, 7) is 1.90. The minimum atomic E-state index is -0.432. The summed E-state index contributed by atoms with van der Waals surface area (Å²) in [7, 11) is 0. The maximum atomic E-state index is 11.2. The van der Waals surface area contributed by atoms with Crippen molar-refractivity contribution >= 4 is 41.0 Å². The molecule has 0 aliphatic carbocycles. The van der Waals surface area contributed by atoms with Crippen LogP contribution in [0.5, 0.6) is 0 Å². The second-order valence-electron chi connectivity index (χ2n) is 5.56. The van der Waals surface area contributed by atoms with Crippen molar-refractivity contribution in [2.45, 2.75) is 16.5 Å². The summed E-state index contributed by atoms with van der Waals surface area (Å²) in [6, 6.07) is 1.30. The topological polar surface area (TPSA) is 134 Å². The highest BCUT2D eigenvalue weighted by Gasteiger charge is 2.23. The van der Waals surface area contributed by atoms with Gasteiger partial charge in [-0.25, -0.2) is 19.7 Å². The molecule has 138 valence electrons. The molecule has 0 radical (unpaired) electrons. The van der Waals surface area contributed by atoms with E-state index >= 15 is 0 Å². The Morgan fingerprint density at radius 2 is 2.04 bits per heavy atom. The van der Waals surface area contributed by atoms with Crippen LogP contribution in [0.1, 0.15) is 5.69 Å². The molecule has 0 atom stereocenters. The molecule has 26 heavy (non-hydrogen) atoms. The van der Waals surface area contributed by atoms with E-state index < -0.39 is 6.03 Å². The largest absolute Gasteiger partial charge is 0.390 e. The lowest BCUT2D eigenvalue weighted by Gasteiger charge is -2.35. The molecule has 3 heterocycles. The van der Waals surface area contributed by atoms with Gasteiger partial charge < -0.3 is 26.4 Å². The molecule has 5 N–H and O–H groups in total. The van der Waals surface area contributed by atoms with E-state index in [1.165, 1.54) is 11.8 Å². The van der Waals surface area contributed by atoms with Crippen LogP contribution in [-0.2, 0) is 6.61 Å². The quantitative estimate of drug-likeness (QED) is 0.696. The van der Waals surface area contributed by atoms with Gasteiger partial charge in [-0.15, -0.1) is 0 Å². The van der Waals surface area contributed by atoms with Crippen LogP contribution in [0.15, 0.2) is 28.4 Å². The van der Waals surface area contributed by atoms with E-state index in [0.29, 0.717) is 52.6 Å². The number of carbonyl (C=O) groups is 1. The fourth-order valence-electron chi connectivity index (χ4n) is 2.59. The van der Waals surface area contributed by atoms with Crippen molar-refractivity contribution in [2.75, 3.05) is 36.8 Å². The van der Waals surface area contributed by atoms with Crippen molar-refractivity contribution in [3.8, 4) is 0 Å². The number of hydrogen-bond acceptors (Lipinski definition) is 8. The summed E-state index contributed by atoms with van der Waals surface area (Å²) < 4.78 is 0. The summed E-state index contributed by atoms with van der Waals surface area (Å²) in [5.74, 6) is 0.845. The number of amides is 2. The fourth-order valence-corrected chi connectivity index (χ4v) is 3.63. The lowest BCUT2D eigenvalue weighted by molar-refractivity contribution is 0.203. The number of nitrogen functional groups attached to an aromatic ring is 1. The van der Waals surface area contributed by atoms with Crippen molar-refractivity contribution in [3.63, 3.8) is 0 Å². The van der Waals surface area contributed by atoms with Gasteiger partial charge in [-0.1, -0.05) is 23.4 Å². The van der Waals surface area contributed by atoms with Crippen molar-refractivity contribution < 1.29 is 9.90 Å². The maximum absolute atomic E-state index is 11.2. The summed E-state index contributed by atoms with van der Waals surface area (Å²) in [5, 5.41) is 10.6. The van der Waals surface area contributed by atoms with Gasteiger partial charge in [-0.2, -0.15) is 0 Å². The number of carbonyl (C=O) groups excluding carboxylic acids is 1. The Hall–Kier alpha value is -2.30. The van der Waals surface area contributed by atoms with E-state index in [2.05, 4.69) is 15.0 Å². The molecule has 0 aromatic carbocycles. The highest BCUT2D eigenvalue weighted by molar-refractivity contribution is 7.99. The Labute approximate surface area is 159 Å². The van der Waals surface area contributed by atoms with Crippen molar-refractivity contribution in [1.82, 2.24) is 19.9 Å². The molecule has 0 unspecified atom stereocenters. The number of aliphatic hydroxyl groups is 1. The van der Waals surface area contributed by atoms with E-state index in [-0.39, 0.29) is 12.4 Å². The van der Waals surface area contributed by atoms with Crippen LogP contribution in [0.4, 0.5) is 16.4 Å². The van der Waals surface area contributed by atoms with Crippen molar-refractivity contribution in [1.29, 1.82) is 0 Å². The molecule has 11 heteroatoms. The molecular weight excluding hydrogens is 378 g/mol. The second-order valence-corrected chi connectivity index (χ2v) is 7.00. The van der Waals surface area contributed by atoms with Crippen LogP contribution in [0.3, 0.4) is 0 Å². The Morgan fingerprint density at radius 3 is 2.69 bits per heavy atom. The molecule has 0 saturated carbocycles. The first-order valence-corrected chi connectivity index (χ1v) is 9.03. The number of hydrogen-bond donors (Lipinski definition) is 3. The standard InChI is InChI=1S/C15H18ClN7O2S/c16-12-10(1-2-19-13(12)17)26-11-7-20-14(9(8-24)21-11)22-3-5-23(6-4-22)15(18)25/h1-2,7,24H,3-6,8H2,(H2,17,19)(H2,18,25). The number of halogens is 1. The van der Waals surface area contributed by atoms with Crippen LogP contribution in [0.2, 0.25) is 5.02 Å². The van der Waals surface area contributed by atoms with E-state index in [1.807, 2.05) is 4.90 Å². The number of piperazine rings is 1. The minimum Gasteiger partial charge on any atom is -0.390 e. The summed E-state index contributed by atoms with van der Waals surface area (Å²) in [5.41, 5.74) is 11.5. The van der Waals surface area contributed by atoms with E-state index in [1.54, 1.807) is 23.4 Å². The first-order valence-electron chi connectivity index (χ1n) is 7.83. The average Bonchev–Trinajstić information content (AvgIpc) is 2.65. The summed E-state index contributed by atoms with van der Waals surface area (Å²) in [6.07, 6.45) is 3.18. The van der Waals surface area contributed by atoms with Crippen LogP contribution in [-0.4, -0.2) is 57.2 Å². The van der Waals surface area contributed by atoms with E-state index in [9.17, 15) is 9.90 Å². The smallest absolute Gasteiger partial charge is 0.314 e. The first kappa shape index (κ1) is 18.5. The van der Waals surface area contributed by atoms with Gasteiger partial charge in [0.2, 0.25) is 0 Å². The van der Waals surface area contributed by atoms with Crippen molar-refractivity contribution in [2.24, 2.45) is 5.73 Å². The molecule has 0 spiro atoms. The number of nitrogens with zero attached hydrogens (tertiary/aromatic N) is 5. The van der Waals surface area contributed by atoms with Gasteiger partial charge in [0.05, 0.1) is 17.8 Å². The predicted octanol–water partition coefficient (Wildman–Crippen LogP) is 0.951. The van der Waals surface area contributed by atoms with Crippen LogP contribution in [0.25, 0.3) is 0 Å². The molecule has 1 saturated heterocycles. The third-order valence-corrected chi connectivity index (χ3v) is 5.41. The lowest BCUT2D eigenvalue weighted by Crippen LogP contribution is -2.51. The summed E-state index contributed by atoms with van der Waals surface area (Å²) >= 11 is 7.45. The number of nitrogens with two attached hydrogens (primary N) is 2. The Bertz CT molecular complexity index is 815. The Balaban J connectivity index is 1.78. The van der Waals surface area contributed by atoms with Gasteiger partial charge in [0.1, 0.15) is 16.5 Å². The van der Waals surface area contributed by atoms with Gasteiger partial charge in [-0.05, 0) is 6.07 Å². The number of aromatic nitrogens is 3. The van der Waals surface area contributed by atoms with Crippen LogP contribution < -0.4 is 16.4 Å². The minimum absolute atomic E-state index is 0.246. The van der Waals surface area contributed by atoms with Gasteiger partial charge >= 0.3 is 6.03 Å². The molecule has 2 aromatic heterocycles. The molecule has 1 aliphatic heterocycles. The zero-order valence-electron chi connectivity index (χ0n) is 13.8. The zero-order chi connectivity index (χ0) is 18.7. The van der Waals surface area contributed by atoms with Crippen LogP contribution >= 0.6 is 23.4 Å². The Morgan fingerprint density at radius 1 is 1.31 bits per heavy atom.